The van der Waals surface area contributed by atoms with Gasteiger partial charge in [0.1, 0.15) is 0 Å². The average molecular weight is 439 g/mol. The quantitative estimate of drug-likeness (QED) is 0.322. The zero-order chi connectivity index (χ0) is 22.6. The summed E-state index contributed by atoms with van der Waals surface area (Å²) in [4.78, 5) is 18.5. The second-order valence-electron chi connectivity index (χ2n) is 11.1. The lowest BCUT2D eigenvalue weighted by atomic mass is 9.52. The van der Waals surface area contributed by atoms with Crippen LogP contribution in [0.25, 0.3) is 0 Å². The highest BCUT2D eigenvalue weighted by Crippen LogP contribution is 2.58. The maximum absolute atomic E-state index is 13.7. The van der Waals surface area contributed by atoms with E-state index in [1.165, 1.54) is 75.5 Å². The summed E-state index contributed by atoms with van der Waals surface area (Å²) in [6.07, 6.45) is 14.9. The molecule has 0 saturated heterocycles. The number of carbonyl (C=O) groups excluding carboxylic acids is 1. The Balaban J connectivity index is 1.49. The summed E-state index contributed by atoms with van der Waals surface area (Å²) in [7, 11) is 0. The summed E-state index contributed by atoms with van der Waals surface area (Å²) in [5.41, 5.74) is 2.74. The van der Waals surface area contributed by atoms with Gasteiger partial charge in [0.05, 0.1) is 0 Å². The zero-order valence-electron chi connectivity index (χ0n) is 21.0. The van der Waals surface area contributed by atoms with E-state index in [0.29, 0.717) is 5.91 Å². The molecule has 0 heterocycles. The molecule has 4 aliphatic rings. The molecule has 0 atom stereocenters. The normalized spacial score (nSPS) is 28.2. The second-order valence-corrected chi connectivity index (χ2v) is 11.1. The van der Waals surface area contributed by atoms with Gasteiger partial charge in [0, 0.05) is 37.3 Å². The number of nitrogens with zero attached hydrogens (tertiary/aromatic N) is 2. The van der Waals surface area contributed by atoms with Crippen molar-refractivity contribution in [3.8, 4) is 0 Å². The Hall–Kier alpha value is -1.51. The van der Waals surface area contributed by atoms with Gasteiger partial charge in [-0.2, -0.15) is 0 Å². The Labute approximate surface area is 196 Å². The average Bonchev–Trinajstić information content (AvgIpc) is 2.78. The Bertz CT molecular complexity index is 701. The molecule has 0 N–H and O–H groups in total. The third kappa shape index (κ3) is 5.18. The van der Waals surface area contributed by atoms with Crippen LogP contribution in [-0.4, -0.2) is 29.4 Å². The lowest BCUT2D eigenvalue weighted by Gasteiger charge is -2.60. The molecule has 3 nitrogen and oxygen atoms in total. The first-order chi connectivity index (χ1) is 15.6. The van der Waals surface area contributed by atoms with Gasteiger partial charge in [-0.25, -0.2) is 0 Å². The van der Waals surface area contributed by atoms with Crippen molar-refractivity contribution in [2.75, 3.05) is 18.0 Å². The molecule has 0 spiro atoms. The van der Waals surface area contributed by atoms with Crippen LogP contribution in [0.15, 0.2) is 24.3 Å². The second kappa shape index (κ2) is 10.6. The summed E-state index contributed by atoms with van der Waals surface area (Å²) in [6.45, 7) is 9.55. The SMILES string of the molecule is CCCCCCCC(=O)N(Cc1ccc(N(CC)CC)cc1)C12CC3CC(CC(C3)C1)C2. The highest BCUT2D eigenvalue weighted by molar-refractivity contribution is 5.77. The van der Waals surface area contributed by atoms with Gasteiger partial charge < -0.3 is 9.80 Å². The Morgan fingerprint density at radius 2 is 1.41 bits per heavy atom. The third-order valence-corrected chi connectivity index (χ3v) is 8.78. The molecule has 178 valence electrons. The fourth-order valence-electron chi connectivity index (χ4n) is 7.51. The Morgan fingerprint density at radius 3 is 1.94 bits per heavy atom. The minimum Gasteiger partial charge on any atom is -0.372 e. The van der Waals surface area contributed by atoms with Crippen LogP contribution in [0, 0.1) is 17.8 Å². The van der Waals surface area contributed by atoms with Crippen LogP contribution < -0.4 is 4.90 Å². The summed E-state index contributed by atoms with van der Waals surface area (Å²) >= 11 is 0. The first kappa shape index (κ1) is 23.6. The van der Waals surface area contributed by atoms with Crippen LogP contribution in [0.3, 0.4) is 0 Å². The summed E-state index contributed by atoms with van der Waals surface area (Å²) < 4.78 is 0. The van der Waals surface area contributed by atoms with E-state index in [1.807, 2.05) is 0 Å². The molecular formula is C29H46N2O. The number of hydrogen-bond acceptors (Lipinski definition) is 2. The van der Waals surface area contributed by atoms with E-state index in [1.54, 1.807) is 0 Å². The highest BCUT2D eigenvalue weighted by Gasteiger charge is 2.54. The minimum absolute atomic E-state index is 0.146. The van der Waals surface area contributed by atoms with Crippen molar-refractivity contribution in [1.29, 1.82) is 0 Å². The van der Waals surface area contributed by atoms with Crippen LogP contribution in [0.5, 0.6) is 0 Å². The van der Waals surface area contributed by atoms with E-state index in [2.05, 4.69) is 54.8 Å². The molecule has 1 aromatic carbocycles. The van der Waals surface area contributed by atoms with Gasteiger partial charge in [-0.05, 0) is 94.2 Å². The lowest BCUT2D eigenvalue weighted by Crippen LogP contribution is -2.61. The van der Waals surface area contributed by atoms with Gasteiger partial charge in [0.25, 0.3) is 0 Å². The van der Waals surface area contributed by atoms with Gasteiger partial charge in [-0.1, -0.05) is 44.7 Å². The van der Waals surface area contributed by atoms with Crippen molar-refractivity contribution in [3.63, 3.8) is 0 Å². The number of amides is 1. The largest absolute Gasteiger partial charge is 0.372 e. The van der Waals surface area contributed by atoms with E-state index < -0.39 is 0 Å². The number of benzene rings is 1. The third-order valence-electron chi connectivity index (χ3n) is 8.78. The minimum atomic E-state index is 0.146. The van der Waals surface area contributed by atoms with Gasteiger partial charge in [0.2, 0.25) is 5.91 Å². The van der Waals surface area contributed by atoms with Gasteiger partial charge >= 0.3 is 0 Å². The molecule has 0 aromatic heterocycles. The molecule has 1 amide bonds. The van der Waals surface area contributed by atoms with Crippen molar-refractivity contribution in [2.24, 2.45) is 17.8 Å². The fourth-order valence-corrected chi connectivity index (χ4v) is 7.51. The lowest BCUT2D eigenvalue weighted by molar-refractivity contribution is -0.152. The standard InChI is InChI=1S/C29H46N2O/c1-4-7-8-9-10-11-28(32)31(22-23-12-14-27(15-13-23)30(5-2)6-3)29-19-24-16-25(20-29)18-26(17-24)21-29/h12-15,24-26H,4-11,16-22H2,1-3H3. The van der Waals surface area contributed by atoms with Crippen molar-refractivity contribution in [3.05, 3.63) is 29.8 Å². The van der Waals surface area contributed by atoms with Gasteiger partial charge in [0.15, 0.2) is 0 Å². The highest BCUT2D eigenvalue weighted by atomic mass is 16.2. The topological polar surface area (TPSA) is 23.6 Å². The predicted molar refractivity (Wildman–Crippen MR) is 135 cm³/mol. The first-order valence-corrected chi connectivity index (χ1v) is 13.7. The number of hydrogen-bond donors (Lipinski definition) is 0. The monoisotopic (exact) mass is 438 g/mol. The van der Waals surface area contributed by atoms with E-state index >= 15 is 0 Å². The van der Waals surface area contributed by atoms with E-state index in [4.69, 9.17) is 0 Å². The maximum atomic E-state index is 13.7. The molecule has 0 unspecified atom stereocenters. The predicted octanol–water partition coefficient (Wildman–Crippen LogP) is 7.19. The molecule has 1 aromatic rings. The molecule has 0 radical (unpaired) electrons. The molecule has 4 bridgehead atoms. The fraction of sp³-hybridized carbons (Fsp3) is 0.759. The molecule has 0 aliphatic heterocycles. The van der Waals surface area contributed by atoms with Crippen molar-refractivity contribution in [2.45, 2.75) is 110 Å². The maximum Gasteiger partial charge on any atom is 0.223 e. The van der Waals surface area contributed by atoms with Crippen molar-refractivity contribution < 1.29 is 4.79 Å². The number of carbonyl (C=O) groups is 1. The smallest absolute Gasteiger partial charge is 0.223 e. The van der Waals surface area contributed by atoms with Crippen molar-refractivity contribution >= 4 is 11.6 Å². The molecule has 4 aliphatic carbocycles. The zero-order valence-corrected chi connectivity index (χ0v) is 21.0. The van der Waals surface area contributed by atoms with Crippen LogP contribution in [0.4, 0.5) is 5.69 Å². The molecule has 4 saturated carbocycles. The number of anilines is 1. The van der Waals surface area contributed by atoms with E-state index in [-0.39, 0.29) is 5.54 Å². The Kier molecular flexibility index (Phi) is 7.84. The molecule has 3 heteroatoms. The molecule has 5 rings (SSSR count). The summed E-state index contributed by atoms with van der Waals surface area (Å²) in [6, 6.07) is 9.07. The molecule has 32 heavy (non-hydrogen) atoms. The molecule has 4 fully saturated rings. The summed E-state index contributed by atoms with van der Waals surface area (Å²) in [5, 5.41) is 0. The van der Waals surface area contributed by atoms with Crippen LogP contribution >= 0.6 is 0 Å². The molecular weight excluding hydrogens is 392 g/mol. The van der Waals surface area contributed by atoms with E-state index in [0.717, 1.165) is 50.2 Å². The summed E-state index contributed by atoms with van der Waals surface area (Å²) in [5.74, 6) is 3.03. The van der Waals surface area contributed by atoms with Gasteiger partial charge in [-0.15, -0.1) is 0 Å². The Morgan fingerprint density at radius 1 is 0.844 bits per heavy atom. The van der Waals surface area contributed by atoms with Crippen LogP contribution in [0.2, 0.25) is 0 Å². The van der Waals surface area contributed by atoms with E-state index in [9.17, 15) is 4.79 Å². The van der Waals surface area contributed by atoms with Crippen LogP contribution in [0.1, 0.15) is 103 Å². The van der Waals surface area contributed by atoms with Crippen molar-refractivity contribution in [1.82, 2.24) is 4.90 Å². The number of rotatable bonds is 12. The number of unbranched alkanes of at least 4 members (excludes halogenated alkanes) is 4. The van der Waals surface area contributed by atoms with Gasteiger partial charge in [-0.3, -0.25) is 4.79 Å². The first-order valence-electron chi connectivity index (χ1n) is 13.7. The van der Waals surface area contributed by atoms with Crippen LogP contribution in [-0.2, 0) is 11.3 Å².